The van der Waals surface area contributed by atoms with Crippen molar-refractivity contribution in [2.24, 2.45) is 4.99 Å². The minimum absolute atomic E-state index is 0.964. The third-order valence-corrected chi connectivity index (χ3v) is 3.06. The summed E-state index contributed by atoms with van der Waals surface area (Å²) >= 11 is 0. The maximum absolute atomic E-state index is 4.49. The molecule has 0 saturated carbocycles. The van der Waals surface area contributed by atoms with Crippen LogP contribution in [0.15, 0.2) is 4.99 Å². The molecule has 14 heavy (non-hydrogen) atoms. The molecule has 3 nitrogen and oxygen atoms in total. The van der Waals surface area contributed by atoms with Crippen LogP contribution < -0.4 is 5.32 Å². The molecule has 1 N–H and O–H groups in total. The molecule has 3 heteroatoms. The second kappa shape index (κ2) is 5.23. The van der Waals surface area contributed by atoms with E-state index in [0.717, 1.165) is 19.0 Å². The predicted octanol–water partition coefficient (Wildman–Crippen LogP) is 1.60. The molecule has 0 unspecified atom stereocenters. The molecule has 0 atom stereocenters. The molecule has 2 heterocycles. The van der Waals surface area contributed by atoms with Crippen LogP contribution in [0.5, 0.6) is 0 Å². The van der Waals surface area contributed by atoms with Crippen molar-refractivity contribution < 1.29 is 0 Å². The van der Waals surface area contributed by atoms with Gasteiger partial charge in [-0.25, -0.2) is 0 Å². The maximum Gasteiger partial charge on any atom is 0.194 e. The van der Waals surface area contributed by atoms with Crippen LogP contribution in [0.1, 0.15) is 38.5 Å². The summed E-state index contributed by atoms with van der Waals surface area (Å²) in [4.78, 5) is 6.94. The predicted molar refractivity (Wildman–Crippen MR) is 59.6 cm³/mol. The molecule has 0 bridgehead atoms. The van der Waals surface area contributed by atoms with Gasteiger partial charge < -0.3 is 10.2 Å². The minimum atomic E-state index is 0.964. The Balaban J connectivity index is 1.87. The zero-order valence-electron chi connectivity index (χ0n) is 8.97. The average molecular weight is 195 g/mol. The molecule has 0 aromatic carbocycles. The van der Waals surface area contributed by atoms with E-state index in [4.69, 9.17) is 0 Å². The van der Waals surface area contributed by atoms with E-state index >= 15 is 0 Å². The number of nitrogens with zero attached hydrogens (tertiary/aromatic N) is 2. The van der Waals surface area contributed by atoms with E-state index < -0.39 is 0 Å². The fourth-order valence-corrected chi connectivity index (χ4v) is 2.23. The Kier molecular flexibility index (Phi) is 3.66. The van der Waals surface area contributed by atoms with E-state index in [2.05, 4.69) is 15.2 Å². The standard InChI is InChI=1S/C11H21N3/c1-2-4-6-10-14(9-5-3-1)11-12-7-8-13-11/h1-10H2,(H,12,13). The van der Waals surface area contributed by atoms with E-state index in [1.54, 1.807) is 0 Å². The first-order chi connectivity index (χ1) is 6.97. The van der Waals surface area contributed by atoms with Crippen molar-refractivity contribution in [1.82, 2.24) is 10.2 Å². The van der Waals surface area contributed by atoms with Crippen LogP contribution in [-0.2, 0) is 0 Å². The molecule has 0 radical (unpaired) electrons. The van der Waals surface area contributed by atoms with Crippen LogP contribution in [0.4, 0.5) is 0 Å². The Hall–Kier alpha value is -0.730. The maximum atomic E-state index is 4.49. The lowest BCUT2D eigenvalue weighted by Gasteiger charge is -2.23. The Morgan fingerprint density at radius 2 is 1.57 bits per heavy atom. The van der Waals surface area contributed by atoms with Crippen LogP contribution in [0.3, 0.4) is 0 Å². The smallest absolute Gasteiger partial charge is 0.194 e. The third kappa shape index (κ3) is 2.63. The van der Waals surface area contributed by atoms with Crippen LogP contribution in [0.25, 0.3) is 0 Å². The number of hydrogen-bond donors (Lipinski definition) is 1. The van der Waals surface area contributed by atoms with Gasteiger partial charge in [-0.3, -0.25) is 4.99 Å². The van der Waals surface area contributed by atoms with Crippen LogP contribution in [0.2, 0.25) is 0 Å². The fourth-order valence-electron chi connectivity index (χ4n) is 2.23. The Labute approximate surface area is 86.6 Å². The molecule has 1 fully saturated rings. The minimum Gasteiger partial charge on any atom is -0.354 e. The summed E-state index contributed by atoms with van der Waals surface area (Å²) in [6.45, 7) is 4.40. The molecule has 1 saturated heterocycles. The highest BCUT2D eigenvalue weighted by atomic mass is 15.3. The van der Waals surface area contributed by atoms with Gasteiger partial charge in [0.15, 0.2) is 5.96 Å². The molecule has 2 aliphatic heterocycles. The highest BCUT2D eigenvalue weighted by Crippen LogP contribution is 2.11. The first-order valence-corrected chi connectivity index (χ1v) is 6.00. The molecule has 0 aliphatic carbocycles. The summed E-state index contributed by atoms with van der Waals surface area (Å²) in [5, 5.41) is 3.37. The normalized spacial score (nSPS) is 24.6. The van der Waals surface area contributed by atoms with E-state index in [1.165, 1.54) is 51.6 Å². The molecule has 2 aliphatic rings. The van der Waals surface area contributed by atoms with Gasteiger partial charge in [0.25, 0.3) is 0 Å². The van der Waals surface area contributed by atoms with Gasteiger partial charge in [-0.2, -0.15) is 0 Å². The SMILES string of the molecule is C1CCCCN(C2=NCCN2)CCC1. The first kappa shape index (κ1) is 9.81. The highest BCUT2D eigenvalue weighted by molar-refractivity contribution is 5.81. The molecular formula is C11H21N3. The van der Waals surface area contributed by atoms with Crippen molar-refractivity contribution in [2.75, 3.05) is 26.2 Å². The molecular weight excluding hydrogens is 174 g/mol. The molecule has 80 valence electrons. The number of aliphatic imine (C=N–C) groups is 1. The molecule has 0 spiro atoms. The van der Waals surface area contributed by atoms with Gasteiger partial charge in [-0.1, -0.05) is 25.7 Å². The second-order valence-electron chi connectivity index (χ2n) is 4.24. The van der Waals surface area contributed by atoms with Crippen molar-refractivity contribution in [3.63, 3.8) is 0 Å². The number of guanidine groups is 1. The Bertz CT molecular complexity index is 191. The summed E-state index contributed by atoms with van der Waals surface area (Å²) in [6, 6.07) is 0. The number of hydrogen-bond acceptors (Lipinski definition) is 3. The summed E-state index contributed by atoms with van der Waals surface area (Å²) in [5.41, 5.74) is 0. The van der Waals surface area contributed by atoms with E-state index in [1.807, 2.05) is 0 Å². The first-order valence-electron chi connectivity index (χ1n) is 6.00. The van der Waals surface area contributed by atoms with Crippen LogP contribution in [0, 0.1) is 0 Å². The van der Waals surface area contributed by atoms with Gasteiger partial charge in [-0.15, -0.1) is 0 Å². The summed E-state index contributed by atoms with van der Waals surface area (Å²) < 4.78 is 0. The van der Waals surface area contributed by atoms with Crippen molar-refractivity contribution in [3.8, 4) is 0 Å². The fraction of sp³-hybridized carbons (Fsp3) is 0.909. The molecule has 0 amide bonds. The van der Waals surface area contributed by atoms with E-state index in [0.29, 0.717) is 0 Å². The monoisotopic (exact) mass is 195 g/mol. The van der Waals surface area contributed by atoms with Crippen molar-refractivity contribution >= 4 is 5.96 Å². The largest absolute Gasteiger partial charge is 0.354 e. The Morgan fingerprint density at radius 3 is 2.14 bits per heavy atom. The number of rotatable bonds is 0. The van der Waals surface area contributed by atoms with Gasteiger partial charge in [0, 0.05) is 19.6 Å². The van der Waals surface area contributed by atoms with Crippen LogP contribution >= 0.6 is 0 Å². The van der Waals surface area contributed by atoms with Gasteiger partial charge in [-0.05, 0) is 12.8 Å². The third-order valence-electron chi connectivity index (χ3n) is 3.06. The van der Waals surface area contributed by atoms with Crippen molar-refractivity contribution in [1.29, 1.82) is 0 Å². The van der Waals surface area contributed by atoms with Crippen molar-refractivity contribution in [3.05, 3.63) is 0 Å². The summed E-state index contributed by atoms with van der Waals surface area (Å²) in [6.07, 6.45) is 8.30. The number of nitrogens with one attached hydrogen (secondary N) is 1. The lowest BCUT2D eigenvalue weighted by molar-refractivity contribution is 0.396. The van der Waals surface area contributed by atoms with Gasteiger partial charge in [0.05, 0.1) is 6.54 Å². The van der Waals surface area contributed by atoms with Gasteiger partial charge >= 0.3 is 0 Å². The van der Waals surface area contributed by atoms with Crippen LogP contribution in [-0.4, -0.2) is 37.0 Å². The molecule has 0 aromatic heterocycles. The Morgan fingerprint density at radius 1 is 0.929 bits per heavy atom. The van der Waals surface area contributed by atoms with Gasteiger partial charge in [0.2, 0.25) is 0 Å². The second-order valence-corrected chi connectivity index (χ2v) is 4.24. The zero-order valence-corrected chi connectivity index (χ0v) is 8.97. The summed E-state index contributed by atoms with van der Waals surface area (Å²) in [7, 11) is 0. The molecule has 2 rings (SSSR count). The topological polar surface area (TPSA) is 27.6 Å². The zero-order chi connectivity index (χ0) is 9.64. The summed E-state index contributed by atoms with van der Waals surface area (Å²) in [5.74, 6) is 1.16. The van der Waals surface area contributed by atoms with Gasteiger partial charge in [0.1, 0.15) is 0 Å². The quantitative estimate of drug-likeness (QED) is 0.636. The highest BCUT2D eigenvalue weighted by Gasteiger charge is 2.14. The van der Waals surface area contributed by atoms with E-state index in [-0.39, 0.29) is 0 Å². The van der Waals surface area contributed by atoms with Crippen molar-refractivity contribution in [2.45, 2.75) is 38.5 Å². The van der Waals surface area contributed by atoms with E-state index in [9.17, 15) is 0 Å². The lowest BCUT2D eigenvalue weighted by atomic mass is 10.1. The lowest BCUT2D eigenvalue weighted by Crippen LogP contribution is -2.39. The molecule has 0 aromatic rings. The average Bonchev–Trinajstić information content (AvgIpc) is 2.75.